The van der Waals surface area contributed by atoms with Gasteiger partial charge in [0.05, 0.1) is 12.3 Å². The summed E-state index contributed by atoms with van der Waals surface area (Å²) in [7, 11) is 1.66. The Labute approximate surface area is 128 Å². The number of fused-ring (bicyclic) bond motifs is 1. The van der Waals surface area contributed by atoms with Crippen molar-refractivity contribution in [1.29, 1.82) is 0 Å². The van der Waals surface area contributed by atoms with Gasteiger partial charge in [0, 0.05) is 25.9 Å². The van der Waals surface area contributed by atoms with Crippen molar-refractivity contribution in [3.05, 3.63) is 35.7 Å². The molecule has 0 aromatic carbocycles. The van der Waals surface area contributed by atoms with Crippen molar-refractivity contribution in [3.8, 4) is 0 Å². The number of methoxy groups -OCH3 is 1. The van der Waals surface area contributed by atoms with Gasteiger partial charge in [0.25, 0.3) is 5.91 Å². The number of ether oxygens (including phenoxy) is 1. The van der Waals surface area contributed by atoms with Gasteiger partial charge in [-0.3, -0.25) is 14.4 Å². The van der Waals surface area contributed by atoms with E-state index >= 15 is 0 Å². The Bertz CT molecular complexity index is 679. The standard InChI is InChI=1S/C15H20N4O3/c1-3-12-15(16-8-9-22-2)19-10-11(4-6-13(19)17-12)5-7-14(20)18-21/h4-7,10,16,21H,3,8-9H2,1-2H3,(H,18,20)/b7-5+. The highest BCUT2D eigenvalue weighted by molar-refractivity contribution is 5.90. The van der Waals surface area contributed by atoms with E-state index < -0.39 is 5.91 Å². The van der Waals surface area contributed by atoms with Gasteiger partial charge in [-0.05, 0) is 30.2 Å². The van der Waals surface area contributed by atoms with E-state index in [1.54, 1.807) is 18.7 Å². The molecule has 2 heterocycles. The summed E-state index contributed by atoms with van der Waals surface area (Å²) in [4.78, 5) is 15.6. The molecule has 0 saturated heterocycles. The second-order valence-electron chi connectivity index (χ2n) is 4.68. The van der Waals surface area contributed by atoms with E-state index in [0.717, 1.165) is 29.1 Å². The molecule has 7 heteroatoms. The van der Waals surface area contributed by atoms with Gasteiger partial charge in [-0.1, -0.05) is 6.92 Å². The summed E-state index contributed by atoms with van der Waals surface area (Å²) in [5.74, 6) is 0.356. The van der Waals surface area contributed by atoms with Crippen LogP contribution in [0.1, 0.15) is 18.2 Å². The van der Waals surface area contributed by atoms with Crippen LogP contribution in [0.5, 0.6) is 0 Å². The maximum atomic E-state index is 11.0. The van der Waals surface area contributed by atoms with Crippen molar-refractivity contribution in [3.63, 3.8) is 0 Å². The predicted octanol–water partition coefficient (Wildman–Crippen LogP) is 1.47. The zero-order chi connectivity index (χ0) is 15.9. The molecule has 3 N–H and O–H groups in total. The Morgan fingerprint density at radius 2 is 2.32 bits per heavy atom. The maximum absolute atomic E-state index is 11.0. The van der Waals surface area contributed by atoms with E-state index in [-0.39, 0.29) is 0 Å². The fourth-order valence-corrected chi connectivity index (χ4v) is 2.12. The first-order chi connectivity index (χ1) is 10.7. The van der Waals surface area contributed by atoms with Gasteiger partial charge in [-0.25, -0.2) is 10.5 Å². The lowest BCUT2D eigenvalue weighted by Gasteiger charge is -2.08. The highest BCUT2D eigenvalue weighted by Gasteiger charge is 2.10. The molecule has 0 spiro atoms. The smallest absolute Gasteiger partial charge is 0.267 e. The molecule has 0 aliphatic carbocycles. The van der Waals surface area contributed by atoms with E-state index in [1.165, 1.54) is 6.08 Å². The number of hydrogen-bond donors (Lipinski definition) is 3. The first-order valence-electron chi connectivity index (χ1n) is 7.05. The lowest BCUT2D eigenvalue weighted by Crippen LogP contribution is -2.14. The Morgan fingerprint density at radius 1 is 1.50 bits per heavy atom. The number of nitrogens with one attached hydrogen (secondary N) is 2. The van der Waals surface area contributed by atoms with Crippen molar-refractivity contribution in [2.24, 2.45) is 0 Å². The zero-order valence-corrected chi connectivity index (χ0v) is 12.7. The Hall–Kier alpha value is -2.38. The molecule has 0 saturated carbocycles. The minimum Gasteiger partial charge on any atom is -0.383 e. The van der Waals surface area contributed by atoms with Crippen LogP contribution >= 0.6 is 0 Å². The first-order valence-corrected chi connectivity index (χ1v) is 7.05. The molecule has 22 heavy (non-hydrogen) atoms. The molecule has 0 aliphatic rings. The lowest BCUT2D eigenvalue weighted by atomic mass is 10.2. The fourth-order valence-electron chi connectivity index (χ4n) is 2.12. The summed E-state index contributed by atoms with van der Waals surface area (Å²) in [5, 5.41) is 11.8. The van der Waals surface area contributed by atoms with Crippen LogP contribution in [-0.2, 0) is 16.0 Å². The Morgan fingerprint density at radius 3 is 3.00 bits per heavy atom. The number of aromatic nitrogens is 2. The van der Waals surface area contributed by atoms with Gasteiger partial charge < -0.3 is 10.1 Å². The molecule has 2 rings (SSSR count). The van der Waals surface area contributed by atoms with Crippen LogP contribution in [0.15, 0.2) is 24.4 Å². The Balaban J connectivity index is 2.34. The van der Waals surface area contributed by atoms with Crippen molar-refractivity contribution >= 4 is 23.4 Å². The average molecular weight is 304 g/mol. The van der Waals surface area contributed by atoms with Crippen LogP contribution in [0.25, 0.3) is 11.7 Å². The monoisotopic (exact) mass is 304 g/mol. The number of hydrogen-bond acceptors (Lipinski definition) is 5. The average Bonchev–Trinajstić information content (AvgIpc) is 2.90. The summed E-state index contributed by atoms with van der Waals surface area (Å²) in [6.07, 6.45) is 5.58. The van der Waals surface area contributed by atoms with E-state index in [2.05, 4.69) is 17.2 Å². The fraction of sp³-hybridized carbons (Fsp3) is 0.333. The largest absolute Gasteiger partial charge is 0.383 e. The van der Waals surface area contributed by atoms with Crippen LogP contribution < -0.4 is 10.8 Å². The maximum Gasteiger partial charge on any atom is 0.267 e. The van der Waals surface area contributed by atoms with E-state index in [0.29, 0.717) is 13.2 Å². The molecule has 1 amide bonds. The van der Waals surface area contributed by atoms with Crippen LogP contribution in [0.2, 0.25) is 0 Å². The summed E-state index contributed by atoms with van der Waals surface area (Å²) >= 11 is 0. The number of amides is 1. The van der Waals surface area contributed by atoms with Gasteiger partial charge in [0.2, 0.25) is 0 Å². The molecule has 0 fully saturated rings. The third kappa shape index (κ3) is 3.63. The van der Waals surface area contributed by atoms with E-state index in [9.17, 15) is 4.79 Å². The first kappa shape index (κ1) is 16.0. The molecule has 0 aliphatic heterocycles. The third-order valence-corrected chi connectivity index (χ3v) is 3.18. The number of pyridine rings is 1. The van der Waals surface area contributed by atoms with Crippen molar-refractivity contribution in [2.75, 3.05) is 25.6 Å². The van der Waals surface area contributed by atoms with E-state index in [4.69, 9.17) is 9.94 Å². The highest BCUT2D eigenvalue weighted by Crippen LogP contribution is 2.20. The number of carbonyl (C=O) groups excluding carboxylic acids is 1. The predicted molar refractivity (Wildman–Crippen MR) is 83.9 cm³/mol. The van der Waals surface area contributed by atoms with Crippen LogP contribution in [0, 0.1) is 0 Å². The number of rotatable bonds is 7. The molecule has 118 valence electrons. The zero-order valence-electron chi connectivity index (χ0n) is 12.7. The summed E-state index contributed by atoms with van der Waals surface area (Å²) in [5.41, 5.74) is 4.20. The van der Waals surface area contributed by atoms with Crippen molar-refractivity contribution in [1.82, 2.24) is 14.9 Å². The third-order valence-electron chi connectivity index (χ3n) is 3.18. The molecule has 0 atom stereocenters. The van der Waals surface area contributed by atoms with Gasteiger partial charge in [0.15, 0.2) is 0 Å². The van der Waals surface area contributed by atoms with Gasteiger partial charge in [-0.15, -0.1) is 0 Å². The highest BCUT2D eigenvalue weighted by atomic mass is 16.5. The van der Waals surface area contributed by atoms with Crippen LogP contribution in [0.4, 0.5) is 5.82 Å². The molecule has 7 nitrogen and oxygen atoms in total. The Kier molecular flexibility index (Phi) is 5.51. The van der Waals surface area contributed by atoms with Crippen LogP contribution in [-0.4, -0.2) is 40.8 Å². The van der Waals surface area contributed by atoms with Gasteiger partial charge in [-0.2, -0.15) is 0 Å². The number of aryl methyl sites for hydroxylation is 1. The quantitative estimate of drug-likeness (QED) is 0.312. The molecule has 0 unspecified atom stereocenters. The molecular formula is C15H20N4O3. The van der Waals surface area contributed by atoms with E-state index in [1.807, 2.05) is 22.7 Å². The topological polar surface area (TPSA) is 87.9 Å². The number of anilines is 1. The number of nitrogens with zero attached hydrogens (tertiary/aromatic N) is 2. The minimum absolute atomic E-state index is 0.571. The van der Waals surface area contributed by atoms with Gasteiger partial charge >= 0.3 is 0 Å². The minimum atomic E-state index is -0.571. The lowest BCUT2D eigenvalue weighted by molar-refractivity contribution is -0.124. The SMILES string of the molecule is CCc1nc2ccc(/C=C/C(=O)NO)cn2c1NCCOC. The summed E-state index contributed by atoms with van der Waals surface area (Å²) < 4.78 is 7.00. The van der Waals surface area contributed by atoms with Gasteiger partial charge in [0.1, 0.15) is 11.5 Å². The van der Waals surface area contributed by atoms with Crippen LogP contribution in [0.3, 0.4) is 0 Å². The number of imidazole rings is 1. The van der Waals surface area contributed by atoms with Crippen molar-refractivity contribution in [2.45, 2.75) is 13.3 Å². The second kappa shape index (κ2) is 7.58. The summed E-state index contributed by atoms with van der Waals surface area (Å²) in [6.45, 7) is 3.34. The number of hydroxylamine groups is 1. The normalized spacial score (nSPS) is 11.2. The molecule has 2 aromatic rings. The summed E-state index contributed by atoms with van der Waals surface area (Å²) in [6, 6.07) is 3.75. The second-order valence-corrected chi connectivity index (χ2v) is 4.68. The molecule has 0 bridgehead atoms. The molecular weight excluding hydrogens is 284 g/mol. The molecule has 2 aromatic heterocycles. The molecule has 0 radical (unpaired) electrons. The van der Waals surface area contributed by atoms with Crippen molar-refractivity contribution < 1.29 is 14.7 Å². The number of carbonyl (C=O) groups is 1.